The van der Waals surface area contributed by atoms with Crippen LogP contribution < -0.4 is 9.80 Å². The molecule has 0 radical (unpaired) electrons. The molecule has 194 valence electrons. The fourth-order valence-electron chi connectivity index (χ4n) is 5.68. The molecule has 7 heteroatoms. The number of fused-ring (bicyclic) bond motifs is 2. The van der Waals surface area contributed by atoms with Crippen LogP contribution in [0.1, 0.15) is 27.2 Å². The number of carbonyl (C=O) groups excluding carboxylic acids is 1. The normalized spacial score (nSPS) is 16.1. The van der Waals surface area contributed by atoms with Crippen LogP contribution in [0.4, 0.5) is 11.5 Å². The maximum Gasteiger partial charge on any atom is 0.189 e. The van der Waals surface area contributed by atoms with Crippen LogP contribution in [0, 0.1) is 6.92 Å². The number of aromatic nitrogens is 2. The Labute approximate surface area is 228 Å². The molecule has 1 saturated heterocycles. The minimum Gasteiger partial charge on any atom is -0.365 e. The molecular formula is C31H33N5OS. The van der Waals surface area contributed by atoms with Crippen LogP contribution in [0.5, 0.6) is 0 Å². The molecule has 0 atom stereocenters. The Hall–Kier alpha value is -3.42. The first-order valence-corrected chi connectivity index (χ1v) is 14.5. The molecule has 0 spiro atoms. The molecule has 0 saturated carbocycles. The van der Waals surface area contributed by atoms with Gasteiger partial charge in [-0.2, -0.15) is 0 Å². The largest absolute Gasteiger partial charge is 0.365 e. The fourth-order valence-corrected chi connectivity index (χ4v) is 6.06. The second-order valence-electron chi connectivity index (χ2n) is 10.2. The van der Waals surface area contributed by atoms with E-state index in [9.17, 15) is 4.79 Å². The van der Waals surface area contributed by atoms with Crippen LogP contribution in [0.2, 0.25) is 0 Å². The second kappa shape index (κ2) is 10.8. The highest BCUT2D eigenvalue weighted by atomic mass is 32.2. The Morgan fingerprint density at radius 1 is 0.895 bits per heavy atom. The summed E-state index contributed by atoms with van der Waals surface area (Å²) in [6.07, 6.45) is 2.97. The van der Waals surface area contributed by atoms with E-state index in [2.05, 4.69) is 58.0 Å². The van der Waals surface area contributed by atoms with Gasteiger partial charge in [0.1, 0.15) is 5.82 Å². The summed E-state index contributed by atoms with van der Waals surface area (Å²) < 4.78 is 0. The molecule has 0 unspecified atom stereocenters. The van der Waals surface area contributed by atoms with Gasteiger partial charge in [0, 0.05) is 54.9 Å². The van der Waals surface area contributed by atoms with Crippen molar-refractivity contribution in [1.29, 1.82) is 0 Å². The summed E-state index contributed by atoms with van der Waals surface area (Å²) in [5.74, 6) is 1.27. The van der Waals surface area contributed by atoms with Gasteiger partial charge in [-0.3, -0.25) is 9.69 Å². The summed E-state index contributed by atoms with van der Waals surface area (Å²) in [5.41, 5.74) is 5.77. The van der Waals surface area contributed by atoms with E-state index in [4.69, 9.17) is 9.97 Å². The number of nitrogens with zero attached hydrogens (tertiary/aromatic N) is 5. The lowest BCUT2D eigenvalue weighted by atomic mass is 10.0. The number of thioether (sulfide) groups is 1. The monoisotopic (exact) mass is 523 g/mol. The van der Waals surface area contributed by atoms with E-state index in [1.54, 1.807) is 11.8 Å². The van der Waals surface area contributed by atoms with Crippen molar-refractivity contribution in [3.8, 4) is 0 Å². The second-order valence-corrected chi connectivity index (χ2v) is 11.0. The Morgan fingerprint density at radius 2 is 1.66 bits per heavy atom. The van der Waals surface area contributed by atoms with Gasteiger partial charge in [-0.1, -0.05) is 72.4 Å². The van der Waals surface area contributed by atoms with Crippen LogP contribution in [0.15, 0.2) is 71.9 Å². The van der Waals surface area contributed by atoms with Crippen LogP contribution in [-0.2, 0) is 13.0 Å². The smallest absolute Gasteiger partial charge is 0.189 e. The van der Waals surface area contributed by atoms with E-state index in [1.165, 1.54) is 27.6 Å². The first kappa shape index (κ1) is 24.9. The number of hydrogen-bond donors (Lipinski definition) is 0. The molecule has 6 nitrogen and oxygen atoms in total. The van der Waals surface area contributed by atoms with E-state index < -0.39 is 0 Å². The van der Waals surface area contributed by atoms with Gasteiger partial charge in [0.15, 0.2) is 10.9 Å². The molecular weight excluding hydrogens is 490 g/mol. The lowest BCUT2D eigenvalue weighted by Crippen LogP contribution is -2.49. The molecule has 38 heavy (non-hydrogen) atoms. The minimum atomic E-state index is 0.187. The maximum atomic E-state index is 12.7. The molecule has 0 amide bonds. The average Bonchev–Trinajstić information content (AvgIpc) is 2.96. The van der Waals surface area contributed by atoms with Gasteiger partial charge >= 0.3 is 0 Å². The molecule has 2 aliphatic rings. The van der Waals surface area contributed by atoms with Crippen molar-refractivity contribution >= 4 is 39.8 Å². The highest BCUT2D eigenvalue weighted by molar-refractivity contribution is 7.98. The van der Waals surface area contributed by atoms with Gasteiger partial charge in [0.05, 0.1) is 18.8 Å². The predicted octanol–water partition coefficient (Wildman–Crippen LogP) is 5.23. The zero-order valence-corrected chi connectivity index (χ0v) is 22.9. The quantitative estimate of drug-likeness (QED) is 0.195. The molecule has 4 aromatic rings. The van der Waals surface area contributed by atoms with Crippen LogP contribution in [0.25, 0.3) is 10.8 Å². The summed E-state index contributed by atoms with van der Waals surface area (Å²) >= 11 is 1.61. The Balaban J connectivity index is 1.21. The van der Waals surface area contributed by atoms with Crippen molar-refractivity contribution in [2.75, 3.05) is 55.3 Å². The van der Waals surface area contributed by atoms with Crippen molar-refractivity contribution in [3.05, 3.63) is 89.1 Å². The first-order chi connectivity index (χ1) is 18.6. The number of hydrogen-bond acceptors (Lipinski definition) is 7. The molecule has 3 aromatic carbocycles. The summed E-state index contributed by atoms with van der Waals surface area (Å²) in [6, 6.07) is 22.8. The number of anilines is 2. The Morgan fingerprint density at radius 3 is 2.45 bits per heavy atom. The van der Waals surface area contributed by atoms with Gasteiger partial charge in [-0.15, -0.1) is 0 Å². The van der Waals surface area contributed by atoms with Crippen LogP contribution >= 0.6 is 11.8 Å². The van der Waals surface area contributed by atoms with E-state index in [0.717, 1.165) is 67.9 Å². The van der Waals surface area contributed by atoms with Crippen molar-refractivity contribution in [2.45, 2.75) is 25.0 Å². The number of piperazine rings is 1. The zero-order chi connectivity index (χ0) is 26.1. The van der Waals surface area contributed by atoms with Crippen molar-refractivity contribution in [1.82, 2.24) is 14.9 Å². The van der Waals surface area contributed by atoms with E-state index >= 15 is 0 Å². The third-order valence-corrected chi connectivity index (χ3v) is 8.21. The summed E-state index contributed by atoms with van der Waals surface area (Å²) in [6.45, 7) is 7.82. The molecule has 0 N–H and O–H groups in total. The van der Waals surface area contributed by atoms with E-state index in [1.807, 2.05) is 36.6 Å². The lowest BCUT2D eigenvalue weighted by molar-refractivity contribution is 0.0926. The third kappa shape index (κ3) is 5.00. The lowest BCUT2D eigenvalue weighted by Gasteiger charge is -2.38. The number of aryl methyl sites for hydroxylation is 1. The van der Waals surface area contributed by atoms with Crippen LogP contribution in [0.3, 0.4) is 0 Å². The average molecular weight is 524 g/mol. The number of carbonyl (C=O) groups is 1. The number of Topliss-reactive ketones (excluding diaryl/α,β-unsaturated/α-hetero) is 1. The summed E-state index contributed by atoms with van der Waals surface area (Å²) in [7, 11) is 0. The number of rotatable bonds is 6. The predicted molar refractivity (Wildman–Crippen MR) is 157 cm³/mol. The van der Waals surface area contributed by atoms with E-state index in [0.29, 0.717) is 6.54 Å². The van der Waals surface area contributed by atoms with Gasteiger partial charge in [0.25, 0.3) is 0 Å². The standard InChI is InChI=1S/C31H33N5OS/c1-22-18-24-10-6-7-11-25(24)28(19-22)36-13-12-26-27(20-36)32-31(38-2)33-30(26)35-16-14-34(15-17-35)21-29(37)23-8-4-3-5-9-23/h3-11,18-19H,12-17,20-21H2,1-2H3. The van der Waals surface area contributed by atoms with Crippen LogP contribution in [-0.4, -0.2) is 66.2 Å². The maximum absolute atomic E-state index is 12.7. The third-order valence-electron chi connectivity index (χ3n) is 7.67. The number of ketones is 1. The Bertz CT molecular complexity index is 1470. The summed E-state index contributed by atoms with van der Waals surface area (Å²) in [5, 5.41) is 3.41. The summed E-state index contributed by atoms with van der Waals surface area (Å²) in [4.78, 5) is 29.8. The molecule has 1 fully saturated rings. The molecule has 1 aromatic heterocycles. The SMILES string of the molecule is CSc1nc2c(c(N3CCN(CC(=O)c4ccccc4)CC3)n1)CCN(c1cc(C)cc3ccccc13)C2. The fraction of sp³-hybridized carbons (Fsp3) is 0.323. The molecule has 3 heterocycles. The van der Waals surface area contributed by atoms with Crippen molar-refractivity contribution < 1.29 is 4.79 Å². The molecule has 0 bridgehead atoms. The van der Waals surface area contributed by atoms with Gasteiger partial charge in [-0.25, -0.2) is 9.97 Å². The highest BCUT2D eigenvalue weighted by Crippen LogP contribution is 2.35. The number of benzene rings is 3. The molecule has 0 aliphatic carbocycles. The minimum absolute atomic E-state index is 0.187. The van der Waals surface area contributed by atoms with Gasteiger partial charge in [0.2, 0.25) is 0 Å². The Kier molecular flexibility index (Phi) is 7.04. The topological polar surface area (TPSA) is 52.6 Å². The van der Waals surface area contributed by atoms with Crippen molar-refractivity contribution in [2.24, 2.45) is 0 Å². The highest BCUT2D eigenvalue weighted by Gasteiger charge is 2.28. The molecule has 6 rings (SSSR count). The zero-order valence-electron chi connectivity index (χ0n) is 22.1. The van der Waals surface area contributed by atoms with E-state index in [-0.39, 0.29) is 5.78 Å². The van der Waals surface area contributed by atoms with Gasteiger partial charge < -0.3 is 9.80 Å². The van der Waals surface area contributed by atoms with Gasteiger partial charge in [-0.05, 0) is 36.6 Å². The van der Waals surface area contributed by atoms with Crippen molar-refractivity contribution in [3.63, 3.8) is 0 Å². The molecule has 2 aliphatic heterocycles. The first-order valence-electron chi connectivity index (χ1n) is 13.3.